The summed E-state index contributed by atoms with van der Waals surface area (Å²) < 4.78 is 31.8. The van der Waals surface area contributed by atoms with Crippen molar-refractivity contribution in [1.82, 2.24) is 10.0 Å². The lowest BCUT2D eigenvalue weighted by atomic mass is 10.2. The van der Waals surface area contributed by atoms with Crippen LogP contribution in [0.1, 0.15) is 31.7 Å². The molecule has 1 amide bonds. The second-order valence-electron chi connectivity index (χ2n) is 5.01. The number of benzene rings is 1. The van der Waals surface area contributed by atoms with Crippen LogP contribution in [0, 0.1) is 6.92 Å². The van der Waals surface area contributed by atoms with E-state index < -0.39 is 10.0 Å². The van der Waals surface area contributed by atoms with Crippen LogP contribution in [0.15, 0.2) is 23.1 Å². The van der Waals surface area contributed by atoms with Gasteiger partial charge in [0, 0.05) is 6.54 Å². The van der Waals surface area contributed by atoms with Crippen molar-refractivity contribution in [2.75, 3.05) is 20.2 Å². The number of ether oxygens (including phenoxy) is 1. The third-order valence-electron chi connectivity index (χ3n) is 3.20. The van der Waals surface area contributed by atoms with Gasteiger partial charge in [-0.25, -0.2) is 13.1 Å². The number of carbonyl (C=O) groups excluding carboxylic acids is 1. The number of aryl methyl sites for hydroxylation is 1. The predicted octanol–water partition coefficient (Wildman–Crippen LogP) is 1.59. The van der Waals surface area contributed by atoms with Gasteiger partial charge >= 0.3 is 0 Å². The number of sulfonamides is 1. The molecule has 0 aliphatic rings. The second-order valence-corrected chi connectivity index (χ2v) is 6.75. The number of rotatable bonds is 9. The van der Waals surface area contributed by atoms with E-state index in [1.807, 2.05) is 0 Å². The van der Waals surface area contributed by atoms with Crippen molar-refractivity contribution in [3.8, 4) is 5.75 Å². The molecule has 0 radical (unpaired) electrons. The molecule has 0 fully saturated rings. The summed E-state index contributed by atoms with van der Waals surface area (Å²) in [6.45, 7) is 4.06. The summed E-state index contributed by atoms with van der Waals surface area (Å²) in [6, 6.07) is 4.68. The Balaban J connectivity index is 2.59. The lowest BCUT2D eigenvalue weighted by Gasteiger charge is -2.10. The Hall–Kier alpha value is -1.60. The van der Waals surface area contributed by atoms with E-state index in [2.05, 4.69) is 17.0 Å². The Labute approximate surface area is 132 Å². The van der Waals surface area contributed by atoms with E-state index in [9.17, 15) is 13.2 Å². The van der Waals surface area contributed by atoms with E-state index in [1.54, 1.807) is 19.1 Å². The highest BCUT2D eigenvalue weighted by molar-refractivity contribution is 7.89. The quantitative estimate of drug-likeness (QED) is 0.674. The molecule has 0 bridgehead atoms. The predicted molar refractivity (Wildman–Crippen MR) is 85.5 cm³/mol. The van der Waals surface area contributed by atoms with Crippen LogP contribution in [0.3, 0.4) is 0 Å². The largest absolute Gasteiger partial charge is 0.497 e. The molecule has 0 saturated carbocycles. The van der Waals surface area contributed by atoms with E-state index in [4.69, 9.17) is 4.74 Å². The number of hydrogen-bond donors (Lipinski definition) is 2. The van der Waals surface area contributed by atoms with Gasteiger partial charge in [-0.05, 0) is 37.1 Å². The van der Waals surface area contributed by atoms with Crippen LogP contribution in [0.25, 0.3) is 0 Å². The summed E-state index contributed by atoms with van der Waals surface area (Å²) in [5, 5.41) is 2.69. The molecular formula is C15H24N2O4S. The monoisotopic (exact) mass is 328 g/mol. The molecule has 0 aliphatic heterocycles. The van der Waals surface area contributed by atoms with Crippen molar-refractivity contribution in [2.45, 2.75) is 38.0 Å². The number of unbranched alkanes of at least 4 members (excludes halogenated alkanes) is 2. The Morgan fingerprint density at radius 2 is 2.00 bits per heavy atom. The molecular weight excluding hydrogens is 304 g/mol. The van der Waals surface area contributed by atoms with Gasteiger partial charge in [-0.15, -0.1) is 0 Å². The third-order valence-corrected chi connectivity index (χ3v) is 4.76. The topological polar surface area (TPSA) is 84.5 Å². The summed E-state index contributed by atoms with van der Waals surface area (Å²) >= 11 is 0. The Kier molecular flexibility index (Phi) is 7.34. The minimum absolute atomic E-state index is 0.145. The maximum atomic E-state index is 12.2. The fourth-order valence-corrected chi connectivity index (χ4v) is 3.16. The van der Waals surface area contributed by atoms with Gasteiger partial charge in [0.1, 0.15) is 5.75 Å². The first kappa shape index (κ1) is 18.4. The van der Waals surface area contributed by atoms with Crippen LogP contribution in [0.4, 0.5) is 0 Å². The van der Waals surface area contributed by atoms with Crippen LogP contribution < -0.4 is 14.8 Å². The number of carbonyl (C=O) groups is 1. The van der Waals surface area contributed by atoms with Gasteiger partial charge in [0.15, 0.2) is 0 Å². The highest BCUT2D eigenvalue weighted by Crippen LogP contribution is 2.20. The molecule has 2 N–H and O–H groups in total. The van der Waals surface area contributed by atoms with Crippen molar-refractivity contribution in [1.29, 1.82) is 0 Å². The SMILES string of the molecule is CCCCCNC(=O)CNS(=O)(=O)c1ccc(OC)cc1C. The molecule has 1 aromatic carbocycles. The van der Waals surface area contributed by atoms with Crippen LogP contribution in [0.2, 0.25) is 0 Å². The van der Waals surface area contributed by atoms with Gasteiger partial charge < -0.3 is 10.1 Å². The lowest BCUT2D eigenvalue weighted by Crippen LogP contribution is -2.37. The summed E-state index contributed by atoms with van der Waals surface area (Å²) in [4.78, 5) is 11.8. The zero-order valence-corrected chi connectivity index (χ0v) is 14.1. The van der Waals surface area contributed by atoms with Gasteiger partial charge in [-0.1, -0.05) is 19.8 Å². The van der Waals surface area contributed by atoms with E-state index in [0.29, 0.717) is 17.9 Å². The zero-order chi connectivity index (χ0) is 16.6. The van der Waals surface area contributed by atoms with Crippen molar-refractivity contribution < 1.29 is 17.9 Å². The number of nitrogens with one attached hydrogen (secondary N) is 2. The van der Waals surface area contributed by atoms with E-state index in [1.165, 1.54) is 13.2 Å². The zero-order valence-electron chi connectivity index (χ0n) is 13.3. The smallest absolute Gasteiger partial charge is 0.241 e. The highest BCUT2D eigenvalue weighted by atomic mass is 32.2. The minimum Gasteiger partial charge on any atom is -0.497 e. The fourth-order valence-electron chi connectivity index (χ4n) is 1.95. The number of methoxy groups -OCH3 is 1. The van der Waals surface area contributed by atoms with Crippen molar-refractivity contribution in [3.05, 3.63) is 23.8 Å². The molecule has 0 heterocycles. The summed E-state index contributed by atoms with van der Waals surface area (Å²) in [7, 11) is -2.19. The molecule has 0 atom stereocenters. The summed E-state index contributed by atoms with van der Waals surface area (Å²) in [5.74, 6) is 0.260. The average Bonchev–Trinajstić information content (AvgIpc) is 2.49. The summed E-state index contributed by atoms with van der Waals surface area (Å²) in [6.07, 6.45) is 3.00. The van der Waals surface area contributed by atoms with E-state index in [-0.39, 0.29) is 17.3 Å². The first-order chi connectivity index (χ1) is 10.4. The van der Waals surface area contributed by atoms with E-state index >= 15 is 0 Å². The van der Waals surface area contributed by atoms with Crippen LogP contribution in [0.5, 0.6) is 5.75 Å². The molecule has 22 heavy (non-hydrogen) atoms. The maximum absolute atomic E-state index is 12.2. The molecule has 1 aromatic rings. The van der Waals surface area contributed by atoms with Crippen LogP contribution >= 0.6 is 0 Å². The molecule has 124 valence electrons. The van der Waals surface area contributed by atoms with Gasteiger partial charge in [-0.3, -0.25) is 4.79 Å². The molecule has 0 aliphatic carbocycles. The molecule has 0 aromatic heterocycles. The van der Waals surface area contributed by atoms with Gasteiger partial charge in [-0.2, -0.15) is 0 Å². The van der Waals surface area contributed by atoms with Crippen molar-refractivity contribution >= 4 is 15.9 Å². The van der Waals surface area contributed by atoms with Crippen LogP contribution in [-0.2, 0) is 14.8 Å². The first-order valence-electron chi connectivity index (χ1n) is 7.31. The molecule has 0 saturated heterocycles. The number of amides is 1. The molecule has 6 nitrogen and oxygen atoms in total. The average molecular weight is 328 g/mol. The van der Waals surface area contributed by atoms with Crippen molar-refractivity contribution in [3.63, 3.8) is 0 Å². The highest BCUT2D eigenvalue weighted by Gasteiger charge is 2.18. The van der Waals surface area contributed by atoms with Gasteiger partial charge in [0.2, 0.25) is 15.9 Å². The second kappa shape index (κ2) is 8.75. The number of hydrogen-bond acceptors (Lipinski definition) is 4. The molecule has 7 heteroatoms. The maximum Gasteiger partial charge on any atom is 0.241 e. The molecule has 0 unspecified atom stereocenters. The van der Waals surface area contributed by atoms with E-state index in [0.717, 1.165) is 19.3 Å². The van der Waals surface area contributed by atoms with Crippen molar-refractivity contribution in [2.24, 2.45) is 0 Å². The normalized spacial score (nSPS) is 11.2. The Morgan fingerprint density at radius 3 is 2.59 bits per heavy atom. The summed E-state index contributed by atoms with van der Waals surface area (Å²) in [5.41, 5.74) is 0.565. The third kappa shape index (κ3) is 5.65. The standard InChI is InChI=1S/C15H24N2O4S/c1-4-5-6-9-16-15(18)11-17-22(19,20)14-8-7-13(21-3)10-12(14)2/h7-8,10,17H,4-6,9,11H2,1-3H3,(H,16,18). The first-order valence-corrected chi connectivity index (χ1v) is 8.80. The minimum atomic E-state index is -3.71. The van der Waals surface area contributed by atoms with Crippen LogP contribution in [-0.4, -0.2) is 34.5 Å². The Morgan fingerprint density at radius 1 is 1.27 bits per heavy atom. The molecule has 0 spiro atoms. The lowest BCUT2D eigenvalue weighted by molar-refractivity contribution is -0.119. The fraction of sp³-hybridized carbons (Fsp3) is 0.533. The van der Waals surface area contributed by atoms with Gasteiger partial charge in [0.05, 0.1) is 18.6 Å². The molecule has 1 rings (SSSR count). The Bertz CT molecular complexity index is 600. The van der Waals surface area contributed by atoms with Gasteiger partial charge in [0.25, 0.3) is 0 Å².